The minimum absolute atomic E-state index is 0.0155. The van der Waals surface area contributed by atoms with Crippen LogP contribution in [0, 0.1) is 0 Å². The number of nitrogens with zero attached hydrogens (tertiary/aromatic N) is 3. The molecule has 0 saturated carbocycles. The van der Waals surface area contributed by atoms with Gasteiger partial charge in [0.15, 0.2) is 17.1 Å². The number of fused-ring (bicyclic) bond motifs is 2. The molecular formula is C21H21N3O6. The Bertz CT molecular complexity index is 1310. The lowest BCUT2D eigenvalue weighted by molar-refractivity contribution is 0.0534. The maximum atomic E-state index is 13.1. The van der Waals surface area contributed by atoms with E-state index < -0.39 is 17.2 Å². The highest BCUT2D eigenvalue weighted by molar-refractivity contribution is 6.08. The van der Waals surface area contributed by atoms with Crippen molar-refractivity contribution in [2.24, 2.45) is 7.05 Å². The Morgan fingerprint density at radius 3 is 2.57 bits per heavy atom. The Morgan fingerprint density at radius 2 is 1.90 bits per heavy atom. The molecule has 0 unspecified atom stereocenters. The highest BCUT2D eigenvalue weighted by Crippen LogP contribution is 2.38. The van der Waals surface area contributed by atoms with Crippen molar-refractivity contribution in [3.05, 3.63) is 50.3 Å². The van der Waals surface area contributed by atoms with Crippen molar-refractivity contribution >= 4 is 17.0 Å². The average molecular weight is 411 g/mol. The maximum Gasteiger partial charge on any atom is 0.341 e. The number of methoxy groups -OCH3 is 1. The highest BCUT2D eigenvalue weighted by Gasteiger charge is 2.32. The van der Waals surface area contributed by atoms with Gasteiger partial charge in [0.05, 0.1) is 30.4 Å². The summed E-state index contributed by atoms with van der Waals surface area (Å²) < 4.78 is 18.6. The molecule has 0 fully saturated rings. The van der Waals surface area contributed by atoms with Crippen LogP contribution in [0.4, 0.5) is 0 Å². The normalized spacial score (nSPS) is 12.7. The topological polar surface area (TPSA) is 102 Å². The van der Waals surface area contributed by atoms with E-state index in [0.717, 1.165) is 4.57 Å². The fourth-order valence-electron chi connectivity index (χ4n) is 3.75. The molecule has 1 aromatic carbocycles. The third-order valence-corrected chi connectivity index (χ3v) is 5.16. The van der Waals surface area contributed by atoms with Crippen LogP contribution in [-0.2, 0) is 24.9 Å². The van der Waals surface area contributed by atoms with Gasteiger partial charge in [0.1, 0.15) is 6.61 Å². The number of aromatic nitrogens is 3. The van der Waals surface area contributed by atoms with Gasteiger partial charge in [-0.3, -0.25) is 13.9 Å². The molecule has 0 saturated heterocycles. The van der Waals surface area contributed by atoms with Gasteiger partial charge in [-0.2, -0.15) is 0 Å². The molecule has 1 aliphatic rings. The molecule has 2 aromatic heterocycles. The largest absolute Gasteiger partial charge is 0.493 e. The summed E-state index contributed by atoms with van der Waals surface area (Å²) in [5.41, 5.74) is 0.793. The number of hydrogen-bond donors (Lipinski definition) is 0. The molecule has 156 valence electrons. The fourth-order valence-corrected chi connectivity index (χ4v) is 3.75. The van der Waals surface area contributed by atoms with Gasteiger partial charge in [0.2, 0.25) is 0 Å². The molecule has 0 spiro atoms. The van der Waals surface area contributed by atoms with Crippen LogP contribution in [-0.4, -0.2) is 33.8 Å². The first-order chi connectivity index (χ1) is 14.4. The Morgan fingerprint density at radius 1 is 1.13 bits per heavy atom. The summed E-state index contributed by atoms with van der Waals surface area (Å²) in [6.07, 6.45) is 0. The number of rotatable bonds is 5. The number of carbonyl (C=O) groups is 1. The second-order valence-electron chi connectivity index (χ2n) is 6.77. The van der Waals surface area contributed by atoms with E-state index in [-0.39, 0.29) is 23.2 Å². The van der Waals surface area contributed by atoms with Crippen molar-refractivity contribution in [2.45, 2.75) is 27.0 Å². The Hall–Kier alpha value is -3.62. The highest BCUT2D eigenvalue weighted by atomic mass is 16.5. The Kier molecular flexibility index (Phi) is 4.81. The number of ether oxygens (including phenoxy) is 3. The standard InChI is InChI=1S/C21H21N3O6/c1-5-24-18-17(19(25)23(3)21(24)27)15(16-12(22-18)10-30-20(16)26)11-7-8-13(29-6-2)14(9-11)28-4/h7-9H,5-6,10H2,1-4H3. The number of aryl methyl sites for hydroxylation is 1. The molecule has 3 aromatic rings. The van der Waals surface area contributed by atoms with Gasteiger partial charge in [-0.15, -0.1) is 0 Å². The quantitative estimate of drug-likeness (QED) is 0.591. The summed E-state index contributed by atoms with van der Waals surface area (Å²) in [6.45, 7) is 4.41. The molecule has 30 heavy (non-hydrogen) atoms. The van der Waals surface area contributed by atoms with Crippen LogP contribution in [0.1, 0.15) is 29.9 Å². The molecule has 9 heteroatoms. The molecule has 0 amide bonds. The van der Waals surface area contributed by atoms with Gasteiger partial charge < -0.3 is 14.2 Å². The molecule has 0 radical (unpaired) electrons. The SMILES string of the molecule is CCOc1ccc(-c2c3c(nc4c2c(=O)n(C)c(=O)n4CC)COC3=O)cc1OC. The van der Waals surface area contributed by atoms with Crippen LogP contribution < -0.4 is 20.7 Å². The number of carbonyl (C=O) groups excluding carboxylic acids is 1. The van der Waals surface area contributed by atoms with Crippen molar-refractivity contribution in [1.29, 1.82) is 0 Å². The molecule has 4 rings (SSSR count). The first-order valence-corrected chi connectivity index (χ1v) is 9.57. The zero-order chi connectivity index (χ0) is 21.6. The molecule has 3 heterocycles. The van der Waals surface area contributed by atoms with Crippen LogP contribution in [0.2, 0.25) is 0 Å². The minimum Gasteiger partial charge on any atom is -0.493 e. The molecule has 0 bridgehead atoms. The van der Waals surface area contributed by atoms with E-state index in [2.05, 4.69) is 4.98 Å². The number of benzene rings is 1. The number of esters is 1. The Labute approximate surface area is 171 Å². The van der Waals surface area contributed by atoms with E-state index in [1.807, 2.05) is 6.92 Å². The van der Waals surface area contributed by atoms with E-state index in [0.29, 0.717) is 41.5 Å². The number of pyridine rings is 1. The molecule has 0 atom stereocenters. The summed E-state index contributed by atoms with van der Waals surface area (Å²) in [7, 11) is 2.92. The zero-order valence-electron chi connectivity index (χ0n) is 17.1. The van der Waals surface area contributed by atoms with Gasteiger partial charge in [0, 0.05) is 19.2 Å². The van der Waals surface area contributed by atoms with E-state index in [1.54, 1.807) is 25.1 Å². The third kappa shape index (κ3) is 2.77. The van der Waals surface area contributed by atoms with Crippen molar-refractivity contribution in [1.82, 2.24) is 14.1 Å². The summed E-state index contributed by atoms with van der Waals surface area (Å²) in [5, 5.41) is 0.183. The molecule has 9 nitrogen and oxygen atoms in total. The Balaban J connectivity index is 2.18. The molecular weight excluding hydrogens is 390 g/mol. The van der Waals surface area contributed by atoms with Crippen LogP contribution in [0.15, 0.2) is 27.8 Å². The predicted molar refractivity (Wildman–Crippen MR) is 109 cm³/mol. The van der Waals surface area contributed by atoms with Crippen LogP contribution in [0.25, 0.3) is 22.2 Å². The first kappa shape index (κ1) is 19.7. The van der Waals surface area contributed by atoms with E-state index in [4.69, 9.17) is 14.2 Å². The summed E-state index contributed by atoms with van der Waals surface area (Å²) in [6, 6.07) is 5.17. The number of cyclic esters (lactones) is 1. The molecule has 0 aliphatic carbocycles. The average Bonchev–Trinajstić information content (AvgIpc) is 3.12. The fraction of sp³-hybridized carbons (Fsp3) is 0.333. The van der Waals surface area contributed by atoms with Crippen molar-refractivity contribution in [2.75, 3.05) is 13.7 Å². The van der Waals surface area contributed by atoms with Crippen molar-refractivity contribution < 1.29 is 19.0 Å². The van der Waals surface area contributed by atoms with Crippen molar-refractivity contribution in [3.63, 3.8) is 0 Å². The summed E-state index contributed by atoms with van der Waals surface area (Å²) >= 11 is 0. The summed E-state index contributed by atoms with van der Waals surface area (Å²) in [4.78, 5) is 42.8. The first-order valence-electron chi connectivity index (χ1n) is 9.57. The van der Waals surface area contributed by atoms with E-state index >= 15 is 0 Å². The van der Waals surface area contributed by atoms with Gasteiger partial charge >= 0.3 is 11.7 Å². The molecule has 1 aliphatic heterocycles. The lowest BCUT2D eigenvalue weighted by Crippen LogP contribution is -2.38. The van der Waals surface area contributed by atoms with Gasteiger partial charge in [-0.1, -0.05) is 6.07 Å². The second kappa shape index (κ2) is 7.33. The predicted octanol–water partition coefficient (Wildman–Crippen LogP) is 1.86. The zero-order valence-corrected chi connectivity index (χ0v) is 17.1. The van der Waals surface area contributed by atoms with E-state index in [1.165, 1.54) is 18.7 Å². The lowest BCUT2D eigenvalue weighted by Gasteiger charge is -2.16. The molecule has 0 N–H and O–H groups in total. The third-order valence-electron chi connectivity index (χ3n) is 5.16. The van der Waals surface area contributed by atoms with E-state index in [9.17, 15) is 14.4 Å². The van der Waals surface area contributed by atoms with Gasteiger partial charge in [0.25, 0.3) is 5.56 Å². The number of hydrogen-bond acceptors (Lipinski definition) is 7. The van der Waals surface area contributed by atoms with Crippen LogP contribution in [0.5, 0.6) is 11.5 Å². The van der Waals surface area contributed by atoms with Gasteiger partial charge in [-0.05, 0) is 31.5 Å². The lowest BCUT2D eigenvalue weighted by atomic mass is 9.96. The summed E-state index contributed by atoms with van der Waals surface area (Å²) in [5.74, 6) is 0.443. The van der Waals surface area contributed by atoms with Gasteiger partial charge in [-0.25, -0.2) is 14.6 Å². The second-order valence-corrected chi connectivity index (χ2v) is 6.77. The monoisotopic (exact) mass is 411 g/mol. The van der Waals surface area contributed by atoms with Crippen molar-refractivity contribution in [3.8, 4) is 22.6 Å². The van der Waals surface area contributed by atoms with Crippen LogP contribution in [0.3, 0.4) is 0 Å². The van der Waals surface area contributed by atoms with Crippen LogP contribution >= 0.6 is 0 Å². The maximum absolute atomic E-state index is 13.1. The smallest absolute Gasteiger partial charge is 0.341 e. The minimum atomic E-state index is -0.557.